The van der Waals surface area contributed by atoms with Crippen molar-refractivity contribution < 1.29 is 17.9 Å². The number of thioether (sulfide) groups is 1. The van der Waals surface area contributed by atoms with Gasteiger partial charge in [-0.25, -0.2) is 13.4 Å². The quantitative estimate of drug-likeness (QED) is 0.239. The zero-order chi connectivity index (χ0) is 26.6. The average molecular weight is 604 g/mol. The summed E-state index contributed by atoms with van der Waals surface area (Å²) in [5, 5.41) is 3.44. The van der Waals surface area contributed by atoms with Crippen molar-refractivity contribution in [3.05, 3.63) is 71.2 Å². The van der Waals surface area contributed by atoms with Crippen LogP contribution in [-0.4, -0.2) is 54.1 Å². The van der Waals surface area contributed by atoms with Crippen LogP contribution in [0.2, 0.25) is 0 Å². The van der Waals surface area contributed by atoms with Crippen LogP contribution in [-0.2, 0) is 14.8 Å². The summed E-state index contributed by atoms with van der Waals surface area (Å²) in [6.45, 7) is 4.37. The molecule has 3 aromatic carbocycles. The third-order valence-electron chi connectivity index (χ3n) is 5.74. The maximum absolute atomic E-state index is 13.1. The molecular formula is C26H27BrN4O4S2. The number of sulfonamides is 1. The Morgan fingerprint density at radius 2 is 1.78 bits per heavy atom. The summed E-state index contributed by atoms with van der Waals surface area (Å²) in [7, 11) is -2.07. The fourth-order valence-electron chi connectivity index (χ4n) is 3.93. The number of anilines is 1. The number of nitrogens with one attached hydrogen (secondary N) is 1. The highest BCUT2D eigenvalue weighted by Gasteiger charge is 2.24. The number of para-hydroxylation sites is 3. The van der Waals surface area contributed by atoms with Crippen molar-refractivity contribution in [2.45, 2.75) is 23.9 Å². The number of carbonyl (C=O) groups is 1. The maximum Gasteiger partial charge on any atom is 0.243 e. The van der Waals surface area contributed by atoms with Gasteiger partial charge in [-0.05, 0) is 58.4 Å². The molecule has 0 aliphatic heterocycles. The molecule has 194 valence electrons. The smallest absolute Gasteiger partial charge is 0.243 e. The number of nitrogens with zero attached hydrogens (tertiary/aromatic N) is 3. The molecule has 1 heterocycles. The van der Waals surface area contributed by atoms with E-state index in [2.05, 4.69) is 21.2 Å². The fourth-order valence-corrected chi connectivity index (χ4v) is 6.62. The number of carbonyl (C=O) groups excluding carboxylic acids is 1. The number of fused-ring (bicyclic) bond motifs is 1. The zero-order valence-electron chi connectivity index (χ0n) is 20.6. The molecule has 0 atom stereocenters. The molecule has 4 aromatic rings. The Hall–Kier alpha value is -2.86. The van der Waals surface area contributed by atoms with Crippen molar-refractivity contribution >= 4 is 60.3 Å². The van der Waals surface area contributed by atoms with Gasteiger partial charge in [0.2, 0.25) is 15.9 Å². The minimum Gasteiger partial charge on any atom is -0.495 e. The predicted molar refractivity (Wildman–Crippen MR) is 151 cm³/mol. The molecule has 0 bridgehead atoms. The van der Waals surface area contributed by atoms with Gasteiger partial charge in [0, 0.05) is 17.6 Å². The van der Waals surface area contributed by atoms with Gasteiger partial charge in [0.15, 0.2) is 5.16 Å². The largest absolute Gasteiger partial charge is 0.495 e. The molecule has 1 N–H and O–H groups in total. The summed E-state index contributed by atoms with van der Waals surface area (Å²) < 4.78 is 35.9. The van der Waals surface area contributed by atoms with Crippen LogP contribution in [0.15, 0.2) is 81.3 Å². The van der Waals surface area contributed by atoms with Gasteiger partial charge in [-0.15, -0.1) is 0 Å². The summed E-state index contributed by atoms with van der Waals surface area (Å²) >= 11 is 4.70. The number of hydrogen-bond acceptors (Lipinski definition) is 6. The number of halogens is 1. The highest BCUT2D eigenvalue weighted by atomic mass is 79.9. The summed E-state index contributed by atoms with van der Waals surface area (Å²) in [5.41, 5.74) is 2.63. The molecule has 4 rings (SSSR count). The fraction of sp³-hybridized carbons (Fsp3) is 0.231. The van der Waals surface area contributed by atoms with Gasteiger partial charge in [-0.2, -0.15) is 4.31 Å². The molecule has 11 heteroatoms. The van der Waals surface area contributed by atoms with E-state index in [0.29, 0.717) is 40.7 Å². The van der Waals surface area contributed by atoms with E-state index in [4.69, 9.17) is 9.72 Å². The third-order valence-corrected chi connectivity index (χ3v) is 9.42. The lowest BCUT2D eigenvalue weighted by Gasteiger charge is -2.18. The minimum absolute atomic E-state index is 0.102. The van der Waals surface area contributed by atoms with Gasteiger partial charge in [0.05, 0.1) is 40.2 Å². The molecule has 0 spiro atoms. The monoisotopic (exact) mass is 602 g/mol. The summed E-state index contributed by atoms with van der Waals surface area (Å²) in [4.78, 5) is 17.7. The lowest BCUT2D eigenvalue weighted by Crippen LogP contribution is -2.30. The highest BCUT2D eigenvalue weighted by Crippen LogP contribution is 2.34. The van der Waals surface area contributed by atoms with E-state index < -0.39 is 10.0 Å². The number of hydrogen-bond donors (Lipinski definition) is 1. The summed E-state index contributed by atoms with van der Waals surface area (Å²) in [6.07, 6.45) is 0. The van der Waals surface area contributed by atoms with Crippen LogP contribution < -0.4 is 10.1 Å². The van der Waals surface area contributed by atoms with Gasteiger partial charge < -0.3 is 10.1 Å². The number of methoxy groups -OCH3 is 1. The molecule has 37 heavy (non-hydrogen) atoms. The first kappa shape index (κ1) is 27.2. The lowest BCUT2D eigenvalue weighted by molar-refractivity contribution is -0.113. The van der Waals surface area contributed by atoms with Crippen molar-refractivity contribution in [2.75, 3.05) is 31.3 Å². The van der Waals surface area contributed by atoms with E-state index in [9.17, 15) is 13.2 Å². The predicted octanol–water partition coefficient (Wildman–Crippen LogP) is 5.56. The first-order chi connectivity index (χ1) is 17.8. The van der Waals surface area contributed by atoms with Crippen LogP contribution in [0, 0.1) is 0 Å². The molecule has 0 unspecified atom stereocenters. The van der Waals surface area contributed by atoms with E-state index in [1.54, 1.807) is 25.3 Å². The topological polar surface area (TPSA) is 93.5 Å². The second-order valence-electron chi connectivity index (χ2n) is 7.96. The van der Waals surface area contributed by atoms with Crippen LogP contribution in [0.25, 0.3) is 16.7 Å². The summed E-state index contributed by atoms with van der Waals surface area (Å²) in [5.74, 6) is 0.534. The number of rotatable bonds is 10. The van der Waals surface area contributed by atoms with Crippen molar-refractivity contribution in [1.29, 1.82) is 0 Å². The average Bonchev–Trinajstić information content (AvgIpc) is 3.26. The molecule has 0 fully saturated rings. The van der Waals surface area contributed by atoms with Crippen LogP contribution in [0.3, 0.4) is 0 Å². The summed E-state index contributed by atoms with van der Waals surface area (Å²) in [6, 6.07) is 19.8. The van der Waals surface area contributed by atoms with E-state index >= 15 is 0 Å². The second kappa shape index (κ2) is 11.7. The number of ether oxygens (including phenoxy) is 1. The standard InChI is InChI=1S/C26H27BrN4O4S2/c1-4-30(5-2)37(33,34)18-14-15-22-21(16-18)29-26(31(22)23-12-8-9-13-24(23)35-3)36-17-25(32)28-20-11-7-6-10-19(20)27/h6-16H,4-5,17H2,1-3H3,(H,28,32). The van der Waals surface area contributed by atoms with Gasteiger partial charge in [0.1, 0.15) is 5.75 Å². The number of aromatic nitrogens is 2. The molecular weight excluding hydrogens is 576 g/mol. The first-order valence-corrected chi connectivity index (χ1v) is 14.8. The Kier molecular flexibility index (Phi) is 8.58. The number of imidazole rings is 1. The minimum atomic E-state index is -3.65. The zero-order valence-corrected chi connectivity index (χ0v) is 23.9. The molecule has 0 radical (unpaired) electrons. The first-order valence-electron chi connectivity index (χ1n) is 11.6. The molecule has 8 nitrogen and oxygen atoms in total. The normalized spacial score (nSPS) is 11.7. The van der Waals surface area contributed by atoms with Crippen molar-refractivity contribution in [3.63, 3.8) is 0 Å². The Morgan fingerprint density at radius 3 is 2.49 bits per heavy atom. The van der Waals surface area contributed by atoms with E-state index in [0.717, 1.165) is 10.2 Å². The SMILES string of the molecule is CCN(CC)S(=O)(=O)c1ccc2c(c1)nc(SCC(=O)Nc1ccccc1Br)n2-c1ccccc1OC. The van der Waals surface area contributed by atoms with Crippen molar-refractivity contribution in [2.24, 2.45) is 0 Å². The van der Waals surface area contributed by atoms with E-state index in [-0.39, 0.29) is 16.6 Å². The molecule has 0 aliphatic carbocycles. The second-order valence-corrected chi connectivity index (χ2v) is 11.7. The van der Waals surface area contributed by atoms with Gasteiger partial charge in [0.25, 0.3) is 0 Å². The van der Waals surface area contributed by atoms with Gasteiger partial charge in [-0.1, -0.05) is 49.9 Å². The molecule has 0 saturated carbocycles. The third kappa shape index (κ3) is 5.69. The maximum atomic E-state index is 13.1. The Morgan fingerprint density at radius 1 is 1.08 bits per heavy atom. The molecule has 0 aliphatic rings. The Balaban J connectivity index is 1.75. The molecule has 1 aromatic heterocycles. The van der Waals surface area contributed by atoms with Crippen molar-refractivity contribution in [3.8, 4) is 11.4 Å². The van der Waals surface area contributed by atoms with E-state index in [1.807, 2.05) is 66.9 Å². The van der Waals surface area contributed by atoms with Crippen LogP contribution >= 0.6 is 27.7 Å². The van der Waals surface area contributed by atoms with E-state index in [1.165, 1.54) is 16.1 Å². The highest BCUT2D eigenvalue weighted by molar-refractivity contribution is 9.10. The Bertz CT molecular complexity index is 1530. The van der Waals surface area contributed by atoms with Gasteiger partial charge >= 0.3 is 0 Å². The number of amides is 1. The van der Waals surface area contributed by atoms with Gasteiger partial charge in [-0.3, -0.25) is 9.36 Å². The molecule has 1 amide bonds. The van der Waals surface area contributed by atoms with Crippen LogP contribution in [0.5, 0.6) is 5.75 Å². The Labute approximate surface area is 229 Å². The lowest BCUT2D eigenvalue weighted by atomic mass is 10.2. The van der Waals surface area contributed by atoms with Crippen LogP contribution in [0.1, 0.15) is 13.8 Å². The van der Waals surface area contributed by atoms with Crippen molar-refractivity contribution in [1.82, 2.24) is 13.9 Å². The van der Waals surface area contributed by atoms with Crippen LogP contribution in [0.4, 0.5) is 5.69 Å². The molecule has 0 saturated heterocycles. The number of benzene rings is 3.